The van der Waals surface area contributed by atoms with Crippen LogP contribution in [0.3, 0.4) is 0 Å². The normalized spacial score (nSPS) is 15.5. The van der Waals surface area contributed by atoms with Crippen LogP contribution in [-0.2, 0) is 0 Å². The minimum absolute atomic E-state index is 0.0132. The topological polar surface area (TPSA) is 64.3 Å². The molecule has 3 rings (SSSR count). The van der Waals surface area contributed by atoms with Gasteiger partial charge in [-0.25, -0.2) is 4.98 Å². The number of aromatic nitrogens is 2. The van der Waals surface area contributed by atoms with Gasteiger partial charge in [-0.2, -0.15) is 0 Å². The quantitative estimate of drug-likeness (QED) is 0.791. The van der Waals surface area contributed by atoms with Crippen molar-refractivity contribution in [3.05, 3.63) is 42.4 Å². The molecular formula is C22H33N5O. The number of anilines is 2. The Morgan fingerprint density at radius 2 is 2.04 bits per heavy atom. The number of amides is 1. The molecule has 0 aliphatic carbocycles. The van der Waals surface area contributed by atoms with Crippen LogP contribution in [0.15, 0.2) is 36.7 Å². The lowest BCUT2D eigenvalue weighted by molar-refractivity contribution is 0.0687. The zero-order chi connectivity index (χ0) is 20.1. The number of hydrogen-bond donors (Lipinski definition) is 2. The first-order valence-corrected chi connectivity index (χ1v) is 10.3. The van der Waals surface area contributed by atoms with E-state index in [2.05, 4.69) is 53.9 Å². The van der Waals surface area contributed by atoms with E-state index in [9.17, 15) is 4.79 Å². The second-order valence-electron chi connectivity index (χ2n) is 8.61. The largest absolute Gasteiger partial charge is 0.377 e. The van der Waals surface area contributed by atoms with E-state index in [0.29, 0.717) is 11.6 Å². The lowest BCUT2D eigenvalue weighted by Gasteiger charge is -2.36. The molecule has 0 spiro atoms. The number of carbonyl (C=O) groups is 1. The molecule has 0 bridgehead atoms. The fraction of sp³-hybridized carbons (Fsp3) is 0.545. The molecule has 0 radical (unpaired) electrons. The number of nitrogens with one attached hydrogen (secondary N) is 2. The number of nitrogens with zero attached hydrogens (tertiary/aromatic N) is 3. The van der Waals surface area contributed by atoms with Crippen molar-refractivity contribution < 1.29 is 4.79 Å². The van der Waals surface area contributed by atoms with E-state index in [4.69, 9.17) is 0 Å². The summed E-state index contributed by atoms with van der Waals surface area (Å²) in [6, 6.07) is 7.80. The van der Waals surface area contributed by atoms with Crippen LogP contribution < -0.4 is 10.2 Å². The molecule has 2 N–H and O–H groups in total. The van der Waals surface area contributed by atoms with Crippen molar-refractivity contribution in [2.75, 3.05) is 36.4 Å². The van der Waals surface area contributed by atoms with Crippen LogP contribution >= 0.6 is 0 Å². The smallest absolute Gasteiger partial charge is 0.270 e. The van der Waals surface area contributed by atoms with E-state index in [1.54, 1.807) is 6.20 Å². The Morgan fingerprint density at radius 1 is 1.29 bits per heavy atom. The summed E-state index contributed by atoms with van der Waals surface area (Å²) in [7, 11) is 0. The third kappa shape index (κ3) is 5.06. The number of rotatable bonds is 6. The highest BCUT2D eigenvalue weighted by Gasteiger charge is 2.26. The van der Waals surface area contributed by atoms with E-state index < -0.39 is 0 Å². The first-order valence-electron chi connectivity index (χ1n) is 10.3. The van der Waals surface area contributed by atoms with Gasteiger partial charge in [-0.1, -0.05) is 0 Å². The number of aromatic amines is 1. The van der Waals surface area contributed by atoms with Gasteiger partial charge in [-0.15, -0.1) is 0 Å². The standard InChI is InChI=1S/C22H33N5O/c1-5-26(20-18(8-6-13-24-20)25-22(2,3)4)16-17-10-14-27(15-11-17)21(28)19-9-7-12-23-19/h6-9,12-13,17,23,25H,5,10-11,14-16H2,1-4H3. The minimum atomic E-state index is -0.0132. The molecule has 1 saturated heterocycles. The molecule has 0 saturated carbocycles. The highest BCUT2D eigenvalue weighted by Crippen LogP contribution is 2.28. The molecule has 0 unspecified atom stereocenters. The zero-order valence-corrected chi connectivity index (χ0v) is 17.5. The van der Waals surface area contributed by atoms with Crippen LogP contribution in [0.1, 0.15) is 51.0 Å². The Balaban J connectivity index is 1.61. The van der Waals surface area contributed by atoms with Gasteiger partial charge in [0.15, 0.2) is 5.82 Å². The molecule has 152 valence electrons. The van der Waals surface area contributed by atoms with Crippen molar-refractivity contribution in [2.24, 2.45) is 5.92 Å². The molecule has 0 aromatic carbocycles. The average molecular weight is 384 g/mol. The van der Waals surface area contributed by atoms with Gasteiger partial charge in [0, 0.05) is 44.1 Å². The van der Waals surface area contributed by atoms with Crippen LogP contribution in [0.2, 0.25) is 0 Å². The van der Waals surface area contributed by atoms with Gasteiger partial charge in [0.2, 0.25) is 0 Å². The van der Waals surface area contributed by atoms with E-state index in [1.807, 2.05) is 29.3 Å². The van der Waals surface area contributed by atoms with E-state index in [-0.39, 0.29) is 11.4 Å². The zero-order valence-electron chi connectivity index (χ0n) is 17.5. The first kappa shape index (κ1) is 20.2. The molecule has 1 fully saturated rings. The average Bonchev–Trinajstić information content (AvgIpc) is 3.20. The first-order chi connectivity index (χ1) is 13.4. The fourth-order valence-corrected chi connectivity index (χ4v) is 3.78. The summed E-state index contributed by atoms with van der Waals surface area (Å²) in [6.45, 7) is 12.2. The molecule has 2 aromatic heterocycles. The summed E-state index contributed by atoms with van der Waals surface area (Å²) in [5, 5.41) is 3.58. The number of piperidine rings is 1. The van der Waals surface area contributed by atoms with Crippen LogP contribution in [0.5, 0.6) is 0 Å². The predicted molar refractivity (Wildman–Crippen MR) is 115 cm³/mol. The van der Waals surface area contributed by atoms with Gasteiger partial charge in [-0.05, 0) is 70.7 Å². The third-order valence-electron chi connectivity index (χ3n) is 5.19. The summed E-state index contributed by atoms with van der Waals surface area (Å²) in [4.78, 5) is 24.5. The maximum Gasteiger partial charge on any atom is 0.270 e. The van der Waals surface area contributed by atoms with Gasteiger partial charge in [0.1, 0.15) is 5.69 Å². The van der Waals surface area contributed by atoms with Crippen molar-refractivity contribution in [3.8, 4) is 0 Å². The molecule has 1 aliphatic rings. The van der Waals surface area contributed by atoms with Gasteiger partial charge in [0.25, 0.3) is 5.91 Å². The Kier molecular flexibility index (Phi) is 6.27. The number of pyridine rings is 1. The maximum atomic E-state index is 12.5. The maximum absolute atomic E-state index is 12.5. The van der Waals surface area contributed by atoms with Gasteiger partial charge < -0.3 is 20.1 Å². The lowest BCUT2D eigenvalue weighted by atomic mass is 9.95. The predicted octanol–water partition coefficient (Wildman–Crippen LogP) is 4.00. The SMILES string of the molecule is CCN(CC1CCN(C(=O)c2ccc[nH]2)CC1)c1ncccc1NC(C)(C)C. The molecule has 1 aliphatic heterocycles. The lowest BCUT2D eigenvalue weighted by Crippen LogP contribution is -2.42. The van der Waals surface area contributed by atoms with Crippen LogP contribution in [0, 0.1) is 5.92 Å². The Bertz CT molecular complexity index is 757. The summed E-state index contributed by atoms with van der Waals surface area (Å²) >= 11 is 0. The summed E-state index contributed by atoms with van der Waals surface area (Å²) in [5.41, 5.74) is 1.75. The molecule has 3 heterocycles. The van der Waals surface area contributed by atoms with Crippen LogP contribution in [0.4, 0.5) is 11.5 Å². The molecule has 6 heteroatoms. The molecule has 0 atom stereocenters. The highest BCUT2D eigenvalue weighted by molar-refractivity contribution is 5.92. The molecular weight excluding hydrogens is 350 g/mol. The minimum Gasteiger partial charge on any atom is -0.377 e. The number of hydrogen-bond acceptors (Lipinski definition) is 4. The van der Waals surface area contributed by atoms with Crippen molar-refractivity contribution >= 4 is 17.4 Å². The summed E-state index contributed by atoms with van der Waals surface area (Å²) in [5.74, 6) is 1.69. The second-order valence-corrected chi connectivity index (χ2v) is 8.61. The number of carbonyl (C=O) groups excluding carboxylic acids is 1. The fourth-order valence-electron chi connectivity index (χ4n) is 3.78. The van der Waals surface area contributed by atoms with Crippen molar-refractivity contribution in [2.45, 2.75) is 46.1 Å². The van der Waals surface area contributed by atoms with Crippen LogP contribution in [0.25, 0.3) is 0 Å². The molecule has 1 amide bonds. The highest BCUT2D eigenvalue weighted by atomic mass is 16.2. The van der Waals surface area contributed by atoms with Crippen molar-refractivity contribution in [1.29, 1.82) is 0 Å². The van der Waals surface area contributed by atoms with Crippen molar-refractivity contribution in [1.82, 2.24) is 14.9 Å². The van der Waals surface area contributed by atoms with Gasteiger partial charge in [-0.3, -0.25) is 4.79 Å². The van der Waals surface area contributed by atoms with E-state index in [0.717, 1.165) is 50.5 Å². The molecule has 2 aromatic rings. The van der Waals surface area contributed by atoms with Crippen molar-refractivity contribution in [3.63, 3.8) is 0 Å². The number of likely N-dealkylation sites (tertiary alicyclic amines) is 1. The third-order valence-corrected chi connectivity index (χ3v) is 5.19. The second kappa shape index (κ2) is 8.67. The summed E-state index contributed by atoms with van der Waals surface area (Å²) < 4.78 is 0. The molecule has 28 heavy (non-hydrogen) atoms. The Morgan fingerprint density at radius 3 is 2.64 bits per heavy atom. The van der Waals surface area contributed by atoms with E-state index >= 15 is 0 Å². The monoisotopic (exact) mass is 383 g/mol. The van der Waals surface area contributed by atoms with Gasteiger partial charge in [0.05, 0.1) is 5.69 Å². The summed E-state index contributed by atoms with van der Waals surface area (Å²) in [6.07, 6.45) is 5.72. The van der Waals surface area contributed by atoms with Gasteiger partial charge >= 0.3 is 0 Å². The molecule has 6 nitrogen and oxygen atoms in total. The Labute approximate surface area is 168 Å². The Hall–Kier alpha value is -2.50. The van der Waals surface area contributed by atoms with E-state index in [1.165, 1.54) is 0 Å². The van der Waals surface area contributed by atoms with Crippen LogP contribution in [-0.4, -0.2) is 52.5 Å². The number of H-pyrrole nitrogens is 1.